The topological polar surface area (TPSA) is 45.0 Å². The molecule has 1 aliphatic heterocycles. The van der Waals surface area contributed by atoms with Crippen molar-refractivity contribution in [2.45, 2.75) is 25.3 Å². The fourth-order valence-electron chi connectivity index (χ4n) is 0.915. The lowest BCUT2D eigenvalue weighted by molar-refractivity contribution is 0.283. The van der Waals surface area contributed by atoms with Crippen LogP contribution < -0.4 is 0 Å². The number of aliphatic imine (C=N–C) groups is 2. The summed E-state index contributed by atoms with van der Waals surface area (Å²) in [5.74, 6) is 0. The quantitative estimate of drug-likeness (QED) is 0.572. The Hall–Kier alpha value is -0.700. The van der Waals surface area contributed by atoms with E-state index in [2.05, 4.69) is 9.98 Å². The monoisotopic (exact) mass is 140 g/mol. The second kappa shape index (κ2) is 4.17. The summed E-state index contributed by atoms with van der Waals surface area (Å²) >= 11 is 0. The van der Waals surface area contributed by atoms with Crippen LogP contribution in [0.3, 0.4) is 0 Å². The summed E-state index contributed by atoms with van der Waals surface area (Å²) in [6, 6.07) is 0.284. The average Bonchev–Trinajstić information content (AvgIpc) is 2.41. The fourth-order valence-corrected chi connectivity index (χ4v) is 0.915. The Morgan fingerprint density at radius 2 is 2.30 bits per heavy atom. The standard InChI is InChI=1S/C7H12N2O/c10-4-2-1-3-7-5-8-6-9-7/h5-7,10H,1-4H2. The first kappa shape index (κ1) is 7.41. The molecule has 0 aliphatic carbocycles. The van der Waals surface area contributed by atoms with Crippen LogP contribution in [0.25, 0.3) is 0 Å². The van der Waals surface area contributed by atoms with Crippen molar-refractivity contribution < 1.29 is 5.11 Å². The minimum absolute atomic E-state index is 0.284. The van der Waals surface area contributed by atoms with Gasteiger partial charge in [-0.3, -0.25) is 4.99 Å². The molecule has 0 aromatic carbocycles. The largest absolute Gasteiger partial charge is 0.396 e. The number of aliphatic hydroxyl groups excluding tert-OH is 1. The van der Waals surface area contributed by atoms with E-state index >= 15 is 0 Å². The van der Waals surface area contributed by atoms with E-state index < -0.39 is 0 Å². The molecule has 1 N–H and O–H groups in total. The number of rotatable bonds is 4. The molecule has 3 heteroatoms. The molecule has 0 radical (unpaired) electrons. The molecule has 0 aromatic rings. The van der Waals surface area contributed by atoms with Gasteiger partial charge in [0.25, 0.3) is 0 Å². The van der Waals surface area contributed by atoms with Crippen molar-refractivity contribution in [2.24, 2.45) is 9.98 Å². The first-order chi connectivity index (χ1) is 4.93. The summed E-state index contributed by atoms with van der Waals surface area (Å²) in [5, 5.41) is 8.47. The van der Waals surface area contributed by atoms with Crippen molar-refractivity contribution in [3.8, 4) is 0 Å². The normalized spacial score (nSPS) is 22.3. The zero-order chi connectivity index (χ0) is 7.23. The highest BCUT2D eigenvalue weighted by Crippen LogP contribution is 2.04. The predicted molar refractivity (Wildman–Crippen MR) is 41.7 cm³/mol. The first-order valence-corrected chi connectivity index (χ1v) is 3.59. The summed E-state index contributed by atoms with van der Waals surface area (Å²) in [7, 11) is 0. The van der Waals surface area contributed by atoms with Crippen molar-refractivity contribution in [1.82, 2.24) is 0 Å². The van der Waals surface area contributed by atoms with Crippen molar-refractivity contribution in [3.05, 3.63) is 0 Å². The summed E-state index contributed by atoms with van der Waals surface area (Å²) in [5.41, 5.74) is 0. The number of nitrogens with zero attached hydrogens (tertiary/aromatic N) is 2. The van der Waals surface area contributed by atoms with E-state index in [1.165, 1.54) is 0 Å². The van der Waals surface area contributed by atoms with Crippen LogP contribution in [0.5, 0.6) is 0 Å². The van der Waals surface area contributed by atoms with Gasteiger partial charge in [0.05, 0.1) is 6.04 Å². The van der Waals surface area contributed by atoms with E-state index in [1.807, 2.05) is 6.21 Å². The number of hydrogen-bond donors (Lipinski definition) is 1. The molecular formula is C7H12N2O. The van der Waals surface area contributed by atoms with E-state index in [0.29, 0.717) is 0 Å². The van der Waals surface area contributed by atoms with E-state index in [9.17, 15) is 0 Å². The van der Waals surface area contributed by atoms with Gasteiger partial charge in [-0.15, -0.1) is 0 Å². The smallest absolute Gasteiger partial charge is 0.110 e. The maximum Gasteiger partial charge on any atom is 0.110 e. The summed E-state index contributed by atoms with van der Waals surface area (Å²) in [4.78, 5) is 7.94. The van der Waals surface area contributed by atoms with E-state index in [4.69, 9.17) is 5.11 Å². The molecule has 0 saturated heterocycles. The Bertz CT molecular complexity index is 131. The van der Waals surface area contributed by atoms with Gasteiger partial charge in [-0.25, -0.2) is 4.99 Å². The van der Waals surface area contributed by atoms with Gasteiger partial charge >= 0.3 is 0 Å². The fraction of sp³-hybridized carbons (Fsp3) is 0.714. The molecule has 3 nitrogen and oxygen atoms in total. The van der Waals surface area contributed by atoms with Gasteiger partial charge in [0.15, 0.2) is 0 Å². The SMILES string of the molecule is OCCCCC1C=NC=N1. The lowest BCUT2D eigenvalue weighted by atomic mass is 10.1. The van der Waals surface area contributed by atoms with Gasteiger partial charge in [0.2, 0.25) is 0 Å². The van der Waals surface area contributed by atoms with Crippen LogP contribution in [0, 0.1) is 0 Å². The highest BCUT2D eigenvalue weighted by atomic mass is 16.2. The predicted octanol–water partition coefficient (Wildman–Crippen LogP) is 0.630. The molecule has 10 heavy (non-hydrogen) atoms. The Kier molecular flexibility index (Phi) is 3.09. The van der Waals surface area contributed by atoms with Gasteiger partial charge in [-0.2, -0.15) is 0 Å². The third-order valence-corrected chi connectivity index (χ3v) is 1.49. The molecular weight excluding hydrogens is 128 g/mol. The maximum absolute atomic E-state index is 8.47. The molecule has 0 aromatic heterocycles. The molecule has 1 unspecified atom stereocenters. The van der Waals surface area contributed by atoms with E-state index in [-0.39, 0.29) is 12.6 Å². The van der Waals surface area contributed by atoms with Gasteiger partial charge < -0.3 is 5.11 Å². The van der Waals surface area contributed by atoms with Crippen LogP contribution in [0.2, 0.25) is 0 Å². The lowest BCUT2D eigenvalue weighted by Crippen LogP contribution is -2.02. The third-order valence-electron chi connectivity index (χ3n) is 1.49. The minimum Gasteiger partial charge on any atom is -0.396 e. The molecule has 1 rings (SSSR count). The Labute approximate surface area is 60.5 Å². The molecule has 0 bridgehead atoms. The Morgan fingerprint density at radius 3 is 2.90 bits per heavy atom. The van der Waals surface area contributed by atoms with Crippen molar-refractivity contribution in [3.63, 3.8) is 0 Å². The van der Waals surface area contributed by atoms with Crippen molar-refractivity contribution in [2.75, 3.05) is 6.61 Å². The molecule has 1 heterocycles. The summed E-state index contributed by atoms with van der Waals surface area (Å²) in [6.45, 7) is 0.285. The number of aliphatic hydroxyl groups is 1. The van der Waals surface area contributed by atoms with Gasteiger partial charge in [-0.1, -0.05) is 0 Å². The summed E-state index contributed by atoms with van der Waals surface area (Å²) < 4.78 is 0. The van der Waals surface area contributed by atoms with Gasteiger partial charge in [-0.05, 0) is 19.3 Å². The molecule has 56 valence electrons. The first-order valence-electron chi connectivity index (χ1n) is 3.59. The van der Waals surface area contributed by atoms with Crippen LogP contribution in [0.4, 0.5) is 0 Å². The number of unbranched alkanes of at least 4 members (excludes halogenated alkanes) is 1. The molecule has 1 atom stereocenters. The number of hydrogen-bond acceptors (Lipinski definition) is 3. The zero-order valence-electron chi connectivity index (χ0n) is 5.90. The van der Waals surface area contributed by atoms with Crippen LogP contribution >= 0.6 is 0 Å². The van der Waals surface area contributed by atoms with Crippen LogP contribution in [0.1, 0.15) is 19.3 Å². The van der Waals surface area contributed by atoms with Crippen LogP contribution in [-0.4, -0.2) is 30.3 Å². The second-order valence-corrected chi connectivity index (χ2v) is 2.35. The lowest BCUT2D eigenvalue weighted by Gasteiger charge is -2.00. The molecule has 0 amide bonds. The van der Waals surface area contributed by atoms with Crippen LogP contribution in [0.15, 0.2) is 9.98 Å². The third kappa shape index (κ3) is 2.27. The maximum atomic E-state index is 8.47. The van der Waals surface area contributed by atoms with Gasteiger partial charge in [0.1, 0.15) is 6.34 Å². The highest BCUT2D eigenvalue weighted by Gasteiger charge is 2.03. The summed E-state index contributed by atoms with van der Waals surface area (Å²) in [6.07, 6.45) is 6.35. The highest BCUT2D eigenvalue weighted by molar-refractivity contribution is 5.82. The average molecular weight is 140 g/mol. The molecule has 1 aliphatic rings. The van der Waals surface area contributed by atoms with E-state index in [1.54, 1.807) is 6.34 Å². The Balaban J connectivity index is 2.03. The second-order valence-electron chi connectivity index (χ2n) is 2.35. The van der Waals surface area contributed by atoms with Crippen LogP contribution in [-0.2, 0) is 0 Å². The van der Waals surface area contributed by atoms with Crippen molar-refractivity contribution in [1.29, 1.82) is 0 Å². The van der Waals surface area contributed by atoms with Crippen molar-refractivity contribution >= 4 is 12.6 Å². The van der Waals surface area contributed by atoms with E-state index in [0.717, 1.165) is 19.3 Å². The van der Waals surface area contributed by atoms with Gasteiger partial charge in [0, 0.05) is 12.8 Å². The molecule has 0 spiro atoms. The Morgan fingerprint density at radius 1 is 1.40 bits per heavy atom. The molecule has 0 saturated carbocycles. The zero-order valence-corrected chi connectivity index (χ0v) is 5.90. The molecule has 0 fully saturated rings. The minimum atomic E-state index is 0.284.